The van der Waals surface area contributed by atoms with Gasteiger partial charge in [0.1, 0.15) is 0 Å². The Morgan fingerprint density at radius 1 is 0.225 bits per heavy atom. The van der Waals surface area contributed by atoms with Crippen molar-refractivity contribution < 1.29 is 55.7 Å². The Morgan fingerprint density at radius 2 is 0.507 bits per heavy atom. The number of para-hydroxylation sites is 4. The van der Waals surface area contributed by atoms with Crippen molar-refractivity contribution in [3.63, 3.8) is 0 Å². The summed E-state index contributed by atoms with van der Waals surface area (Å²) in [6.45, 7) is 0.333. The van der Waals surface area contributed by atoms with Gasteiger partial charge in [0.25, 0.3) is 0 Å². The first kappa shape index (κ1) is 82.7. The Morgan fingerprint density at radius 3 is 0.887 bits per heavy atom. The summed E-state index contributed by atoms with van der Waals surface area (Å²) in [5.41, 5.74) is 44.3. The zero-order chi connectivity index (χ0) is 94.0. The second kappa shape index (κ2) is 32.8. The van der Waals surface area contributed by atoms with Gasteiger partial charge in [0.2, 0.25) is 13.4 Å². The molecule has 10 nitrogen and oxygen atoms in total. The monoisotopic (exact) mass is 1890 g/mol. The minimum Gasteiger partial charge on any atom is -1.00 e. The van der Waals surface area contributed by atoms with Gasteiger partial charge in [-0.1, -0.05) is 439 Å². The first-order valence-electron chi connectivity index (χ1n) is 48.3. The summed E-state index contributed by atoms with van der Waals surface area (Å²) in [5.74, 6) is 2.76. The van der Waals surface area contributed by atoms with Crippen LogP contribution in [0.15, 0.2) is 473 Å². The van der Waals surface area contributed by atoms with Gasteiger partial charge < -0.3 is 22.0 Å². The Hall–Kier alpha value is -17.6. The first-order chi connectivity index (χ1) is 70.2. The molecule has 14 heteroatoms. The van der Waals surface area contributed by atoms with Gasteiger partial charge in [-0.05, 0) is 190 Å². The molecule has 4 aliphatic heterocycles. The second-order valence-corrected chi connectivity index (χ2v) is 38.0. The van der Waals surface area contributed by atoms with Crippen molar-refractivity contribution in [2.75, 3.05) is 0 Å². The zero-order valence-corrected chi connectivity index (χ0v) is 77.4. The first-order valence-corrected chi connectivity index (χ1v) is 48.7. The molecule has 0 saturated heterocycles. The van der Waals surface area contributed by atoms with Gasteiger partial charge >= 0.3 is 7.12 Å². The van der Waals surface area contributed by atoms with Gasteiger partial charge in [0.05, 0.1) is 32.9 Å². The number of rotatable bonds is 10. The average molecular weight is 1890 g/mol. The highest BCUT2D eigenvalue weighted by atomic mass is 35.5. The summed E-state index contributed by atoms with van der Waals surface area (Å²) in [7, 11) is -1.74. The third-order valence-electron chi connectivity index (χ3n) is 30.3. The molecule has 24 aromatic rings. The Balaban J connectivity index is -0.000000821. The van der Waals surface area contributed by atoms with Crippen molar-refractivity contribution in [1.82, 2.24) is 39.0 Å². The van der Waals surface area contributed by atoms with Gasteiger partial charge in [0, 0.05) is 109 Å². The number of nitrogens with zero attached hydrogens (tertiary/aromatic N) is 8. The maximum atomic E-state index is 9.37. The van der Waals surface area contributed by atoms with Crippen LogP contribution < -0.4 is 38.5 Å². The van der Waals surface area contributed by atoms with E-state index in [0.29, 0.717) is 29.1 Å². The molecule has 2 aliphatic carbocycles. The van der Waals surface area contributed by atoms with E-state index in [9.17, 15) is 10.0 Å². The number of aromatic nitrogens is 8. The molecule has 0 saturated carbocycles. The molecule has 20 aromatic carbocycles. The number of hydrogen-bond acceptors (Lipinski definition) is 8. The third kappa shape index (κ3) is 12.6. The van der Waals surface area contributed by atoms with E-state index in [1.54, 1.807) is 0 Å². The van der Waals surface area contributed by atoms with Crippen LogP contribution in [-0.4, -0.2) is 69.6 Å². The van der Waals surface area contributed by atoms with Crippen LogP contribution in [0.4, 0.5) is 0 Å². The lowest BCUT2D eigenvalue weighted by molar-refractivity contribution is 0.422. The van der Waals surface area contributed by atoms with Crippen LogP contribution >= 0.6 is 11.6 Å². The van der Waals surface area contributed by atoms with Crippen LogP contribution in [0.3, 0.4) is 0 Å². The van der Waals surface area contributed by atoms with Crippen molar-refractivity contribution in [2.45, 2.75) is 10.8 Å². The SMILES string of the molecule is Clc1ccc2c(c1)C1(c3ccccc3B3c4ccccc4-c4cccc1c43)c1cc(-c3ccc(-n4c5ccccc5c5ccccc54)cc3)ccc1-2.OB(O)c1nc(-c2ccccc2)nc(-c2ccccc2)n1.[H-].[H-].[HH].[HH].[HH].[HH].[HH].[HH].[HH].[HH].[HH].[HH].[HH].[HH].[HH].[HH].[HH].[HH].[HH].[HH].[HH].[HH].[HH].[HH].[HH].[HH].[HH].[HH].[HH].[HH].[HH].[HH].c1ccc(-c2nc(-c3ccccc3)nc(-c3ccc4c(c3)C3(c5ccccc5B5c6ccccc6-c6cccc3c65)c3cc(-c5ccc(-n6c7ccccc7c7ccccc76)cc5)ccc3-4)n2)cc1. The van der Waals surface area contributed by atoms with Gasteiger partial charge in [0.15, 0.2) is 34.8 Å². The van der Waals surface area contributed by atoms with Crippen LogP contribution in [-0.2, 0) is 10.8 Å². The fourth-order valence-electron chi connectivity index (χ4n) is 24.5. The predicted octanol–water partition coefficient (Wildman–Crippen LogP) is 31.6. The highest BCUT2D eigenvalue weighted by molar-refractivity contribution is 7.01. The highest BCUT2D eigenvalue weighted by Gasteiger charge is 2.57. The summed E-state index contributed by atoms with van der Waals surface area (Å²) < 4.78 is 4.78. The van der Waals surface area contributed by atoms with E-state index in [2.05, 4.69) is 394 Å². The van der Waals surface area contributed by atoms with E-state index < -0.39 is 17.9 Å². The molecule has 2 unspecified atom stereocenters. The molecule has 30 rings (SSSR count). The van der Waals surface area contributed by atoms with Crippen LogP contribution in [0.25, 0.3) is 179 Å². The van der Waals surface area contributed by atoms with E-state index >= 15 is 0 Å². The van der Waals surface area contributed by atoms with Crippen LogP contribution in [0.2, 0.25) is 5.02 Å². The molecular weight excluding hydrogens is 1750 g/mol. The number of benzene rings is 20. The molecule has 0 fully saturated rings. The van der Waals surface area contributed by atoms with Gasteiger partial charge in [-0.25, -0.2) is 29.9 Å². The fraction of sp³-hybridized carbons (Fsp3) is 0.0156. The van der Waals surface area contributed by atoms with Gasteiger partial charge in [-0.3, -0.25) is 0 Å². The second-order valence-electron chi connectivity index (χ2n) is 37.5. The van der Waals surface area contributed by atoms with Gasteiger partial charge in [-0.15, -0.1) is 0 Å². The molecule has 2 atom stereocenters. The van der Waals surface area contributed by atoms with Crippen molar-refractivity contribution in [1.29, 1.82) is 0 Å². The number of fused-ring (bicyclic) bond motifs is 30. The molecule has 2 N–H and O–H groups in total. The molecule has 0 amide bonds. The van der Waals surface area contributed by atoms with Crippen molar-refractivity contribution in [3.8, 4) is 135 Å². The van der Waals surface area contributed by atoms with E-state index in [1.807, 2.05) is 103 Å². The van der Waals surface area contributed by atoms with Crippen molar-refractivity contribution in [3.05, 3.63) is 523 Å². The quantitative estimate of drug-likeness (QED) is 0.130. The maximum Gasteiger partial charge on any atom is 0.528 e. The molecule has 0 bridgehead atoms. The molecule has 724 valence electrons. The normalized spacial score (nSPS) is 14.5. The van der Waals surface area contributed by atoms with Crippen LogP contribution in [0, 0.1) is 0 Å². The minimum absolute atomic E-state index is 0. The standard InChI is InChI=1S/C64H39BN4.C49H29BClN.C15H12BN3O2.30H2.2H/c1-3-16-41(17-4-1)61-66-62(42-18-5-2-6-19-42)68-63(67-61)44-33-37-47-46-36-32-43(40-30-34-45(35-31-40)69-58-28-13-8-21-49(58)50-22-9-14-29-59(50)69)38-54(46)64(55(47)39-44)52-24-10-12-27-57(52)65-56-26-11-7-20-48(56)51-23-15-25-53(64)60(51)65;51-32-23-27-35-34-26-22-31(30-20-24-33(25-21-30)52-46-18-7-2-11-37(46)38-12-3-8-19-47(38)52)28-42(34)49(43(35)29-32)40-14-4-6-17-45(40)50-44-16-5-1-10-36(44)39-13-9-15-41(49)48(39)50;20-16(21)15-18-13(11-7-3-1-4-8-11)17-14(19-15)12-9-5-2-6-10-12;;;;;;;;;;;;;;;;;;;;;;;;;;;;;;;;/h1-39H;1-29H;1-10,20-21H;30*1H;;/q;;;;;;;;;;;;;;;;;;;;;;;;;;;;;;;;;2*-1. The molecule has 6 aliphatic rings. The lowest BCUT2D eigenvalue weighted by Gasteiger charge is -2.42. The molecule has 4 aromatic heterocycles. The average Bonchev–Trinajstić information content (AvgIpc) is 1.50. The zero-order valence-electron chi connectivity index (χ0n) is 78.6. The lowest BCUT2D eigenvalue weighted by atomic mass is 9.32. The molecule has 8 heterocycles. The van der Waals surface area contributed by atoms with Gasteiger partial charge in [-0.2, -0.15) is 0 Å². The fourth-order valence-corrected chi connectivity index (χ4v) is 24.6. The lowest BCUT2D eigenvalue weighted by Crippen LogP contribution is -2.59. The Kier molecular flexibility index (Phi) is 19.1. The maximum absolute atomic E-state index is 9.37. The van der Waals surface area contributed by atoms with Crippen LogP contribution in [0.5, 0.6) is 0 Å². The molecule has 2 spiro atoms. The summed E-state index contributed by atoms with van der Waals surface area (Å²) in [5, 5.41) is 24.6. The van der Waals surface area contributed by atoms with E-state index in [-0.39, 0.29) is 64.8 Å². The number of halogens is 1. The number of hydrogen-bond donors (Lipinski definition) is 2. The van der Waals surface area contributed by atoms with Crippen molar-refractivity contribution >= 4 is 114 Å². The highest BCUT2D eigenvalue weighted by Crippen LogP contribution is 2.61. The minimum atomic E-state index is -1.74. The molecule has 0 radical (unpaired) electrons. The van der Waals surface area contributed by atoms with E-state index in [1.165, 1.54) is 188 Å². The topological polar surface area (TPSA) is 128 Å². The molecular formula is C128H142B3ClN8O2-2. The summed E-state index contributed by atoms with van der Waals surface area (Å²) >= 11 is 6.92. The molecule has 142 heavy (non-hydrogen) atoms. The Bertz CT molecular complexity index is 9220. The van der Waals surface area contributed by atoms with Crippen LogP contribution in [0.1, 0.15) is 90.2 Å². The van der Waals surface area contributed by atoms with Crippen molar-refractivity contribution in [2.24, 2.45) is 0 Å². The summed E-state index contributed by atoms with van der Waals surface area (Å²) in [4.78, 5) is 28.2. The van der Waals surface area contributed by atoms with E-state index in [4.69, 9.17) is 26.6 Å². The predicted molar refractivity (Wildman–Crippen MR) is 648 cm³/mol. The summed E-state index contributed by atoms with van der Waals surface area (Å²) in [6.07, 6.45) is 0. The van der Waals surface area contributed by atoms with E-state index in [0.717, 1.165) is 44.2 Å². The Labute approximate surface area is 873 Å². The summed E-state index contributed by atoms with van der Waals surface area (Å²) in [6, 6.07) is 170. The smallest absolute Gasteiger partial charge is 0.528 e. The largest absolute Gasteiger partial charge is 1.00 e. The third-order valence-corrected chi connectivity index (χ3v) is 30.5.